The molecule has 0 unspecified atom stereocenters. The Morgan fingerprint density at radius 1 is 1.33 bits per heavy atom. The lowest BCUT2D eigenvalue weighted by Crippen LogP contribution is -1.93. The van der Waals surface area contributed by atoms with Crippen molar-refractivity contribution in [2.24, 2.45) is 0 Å². The Labute approximate surface area is 71.2 Å². The summed E-state index contributed by atoms with van der Waals surface area (Å²) in [6.07, 6.45) is 2.80. The lowest BCUT2D eigenvalue weighted by atomic mass is 10.1. The number of allylic oxidation sites excluding steroid dienone is 1. The molecule has 0 aliphatic carbocycles. The Morgan fingerprint density at radius 3 is 2.58 bits per heavy atom. The van der Waals surface area contributed by atoms with Crippen molar-refractivity contribution in [2.75, 3.05) is 6.61 Å². The standard InChI is InChI=1S/C10H10O2/c11-8-4-7-10(12)9-5-2-1-3-6-9/h1-7,11H,8H2/b7-4+. The summed E-state index contributed by atoms with van der Waals surface area (Å²) in [4.78, 5) is 11.2. The molecule has 2 heteroatoms. The maximum Gasteiger partial charge on any atom is 0.185 e. The molecular formula is C10H10O2. The maximum atomic E-state index is 11.2. The van der Waals surface area contributed by atoms with E-state index < -0.39 is 0 Å². The lowest BCUT2D eigenvalue weighted by molar-refractivity contribution is 0.104. The molecule has 0 amide bonds. The van der Waals surface area contributed by atoms with Gasteiger partial charge in [-0.15, -0.1) is 0 Å². The van der Waals surface area contributed by atoms with Gasteiger partial charge in [0, 0.05) is 5.56 Å². The second kappa shape index (κ2) is 4.46. The second-order valence-electron chi connectivity index (χ2n) is 2.32. The Bertz CT molecular complexity index is 275. The van der Waals surface area contributed by atoms with Crippen LogP contribution in [0.4, 0.5) is 0 Å². The molecule has 0 saturated carbocycles. The highest BCUT2D eigenvalue weighted by Gasteiger charge is 1.97. The molecule has 2 nitrogen and oxygen atoms in total. The molecule has 0 aromatic heterocycles. The Balaban J connectivity index is 2.72. The predicted molar refractivity (Wildman–Crippen MR) is 47.0 cm³/mol. The summed E-state index contributed by atoms with van der Waals surface area (Å²) >= 11 is 0. The summed E-state index contributed by atoms with van der Waals surface area (Å²) in [5.41, 5.74) is 0.641. The Morgan fingerprint density at radius 2 is 2.00 bits per heavy atom. The number of carbonyl (C=O) groups is 1. The fraction of sp³-hybridized carbons (Fsp3) is 0.100. The van der Waals surface area contributed by atoms with E-state index in [-0.39, 0.29) is 12.4 Å². The molecule has 0 fully saturated rings. The highest BCUT2D eigenvalue weighted by molar-refractivity contribution is 6.04. The van der Waals surface area contributed by atoms with Gasteiger partial charge in [0.05, 0.1) is 6.61 Å². The van der Waals surface area contributed by atoms with Crippen LogP contribution < -0.4 is 0 Å². The van der Waals surface area contributed by atoms with E-state index in [9.17, 15) is 4.79 Å². The monoisotopic (exact) mass is 162 g/mol. The summed E-state index contributed by atoms with van der Waals surface area (Å²) in [6.45, 7) is -0.0986. The normalized spacial score (nSPS) is 10.4. The van der Waals surface area contributed by atoms with E-state index in [0.29, 0.717) is 5.56 Å². The second-order valence-corrected chi connectivity index (χ2v) is 2.32. The van der Waals surface area contributed by atoms with Gasteiger partial charge < -0.3 is 5.11 Å². The molecule has 0 bridgehead atoms. The van der Waals surface area contributed by atoms with Crippen LogP contribution in [0.25, 0.3) is 0 Å². The average molecular weight is 162 g/mol. The van der Waals surface area contributed by atoms with Crippen molar-refractivity contribution < 1.29 is 9.90 Å². The quantitative estimate of drug-likeness (QED) is 0.539. The first kappa shape index (κ1) is 8.68. The maximum absolute atomic E-state index is 11.2. The molecule has 0 heterocycles. The van der Waals surface area contributed by atoms with Gasteiger partial charge in [0.2, 0.25) is 0 Å². The summed E-state index contributed by atoms with van der Waals surface area (Å²) < 4.78 is 0. The van der Waals surface area contributed by atoms with Crippen molar-refractivity contribution in [1.82, 2.24) is 0 Å². The van der Waals surface area contributed by atoms with E-state index in [1.165, 1.54) is 12.2 Å². The molecule has 0 radical (unpaired) electrons. The van der Waals surface area contributed by atoms with Gasteiger partial charge in [0.25, 0.3) is 0 Å². The van der Waals surface area contributed by atoms with Crippen LogP contribution in [0.3, 0.4) is 0 Å². The Kier molecular flexibility index (Phi) is 3.23. The molecule has 0 aliphatic rings. The van der Waals surface area contributed by atoms with Gasteiger partial charge in [-0.05, 0) is 6.08 Å². The first-order valence-electron chi connectivity index (χ1n) is 3.71. The molecule has 0 saturated heterocycles. The van der Waals surface area contributed by atoms with Crippen LogP contribution in [0.1, 0.15) is 10.4 Å². The largest absolute Gasteiger partial charge is 0.392 e. The molecule has 1 aromatic carbocycles. The molecule has 1 N–H and O–H groups in total. The van der Waals surface area contributed by atoms with Gasteiger partial charge >= 0.3 is 0 Å². The van der Waals surface area contributed by atoms with Crippen LogP contribution >= 0.6 is 0 Å². The number of hydrogen-bond donors (Lipinski definition) is 1. The topological polar surface area (TPSA) is 37.3 Å². The Hall–Kier alpha value is -1.41. The van der Waals surface area contributed by atoms with Gasteiger partial charge in [0.15, 0.2) is 5.78 Å². The number of hydrogen-bond acceptors (Lipinski definition) is 2. The number of benzene rings is 1. The number of ketones is 1. The zero-order valence-corrected chi connectivity index (χ0v) is 6.60. The minimum absolute atomic E-state index is 0.0790. The van der Waals surface area contributed by atoms with Crippen LogP contribution in [-0.2, 0) is 0 Å². The van der Waals surface area contributed by atoms with E-state index in [0.717, 1.165) is 0 Å². The van der Waals surface area contributed by atoms with Crippen molar-refractivity contribution in [1.29, 1.82) is 0 Å². The highest BCUT2D eigenvalue weighted by Crippen LogP contribution is 2.00. The fourth-order valence-corrected chi connectivity index (χ4v) is 0.858. The molecule has 0 spiro atoms. The highest BCUT2D eigenvalue weighted by atomic mass is 16.2. The minimum atomic E-state index is -0.0986. The van der Waals surface area contributed by atoms with Crippen LogP contribution in [-0.4, -0.2) is 17.5 Å². The lowest BCUT2D eigenvalue weighted by Gasteiger charge is -1.92. The van der Waals surface area contributed by atoms with Gasteiger partial charge in [-0.25, -0.2) is 0 Å². The van der Waals surface area contributed by atoms with Crippen molar-refractivity contribution in [3.05, 3.63) is 48.0 Å². The minimum Gasteiger partial charge on any atom is -0.392 e. The van der Waals surface area contributed by atoms with Crippen LogP contribution in [0.2, 0.25) is 0 Å². The summed E-state index contributed by atoms with van der Waals surface area (Å²) in [5.74, 6) is -0.0790. The summed E-state index contributed by atoms with van der Waals surface area (Å²) in [6, 6.07) is 8.95. The fourth-order valence-electron chi connectivity index (χ4n) is 0.858. The third-order valence-electron chi connectivity index (χ3n) is 1.43. The zero-order chi connectivity index (χ0) is 8.81. The van der Waals surface area contributed by atoms with E-state index in [1.807, 2.05) is 6.07 Å². The van der Waals surface area contributed by atoms with E-state index in [1.54, 1.807) is 24.3 Å². The number of aliphatic hydroxyl groups excluding tert-OH is 1. The van der Waals surface area contributed by atoms with Gasteiger partial charge in [-0.3, -0.25) is 4.79 Å². The predicted octanol–water partition coefficient (Wildman–Crippen LogP) is 1.42. The van der Waals surface area contributed by atoms with E-state index >= 15 is 0 Å². The molecule has 0 aliphatic heterocycles. The van der Waals surface area contributed by atoms with Crippen LogP contribution in [0.15, 0.2) is 42.5 Å². The van der Waals surface area contributed by atoms with Crippen LogP contribution in [0.5, 0.6) is 0 Å². The average Bonchev–Trinajstić information content (AvgIpc) is 2.15. The number of carbonyl (C=O) groups excluding carboxylic acids is 1. The van der Waals surface area contributed by atoms with Crippen molar-refractivity contribution >= 4 is 5.78 Å². The van der Waals surface area contributed by atoms with Crippen LogP contribution in [0, 0.1) is 0 Å². The molecule has 1 rings (SSSR count). The molecule has 0 atom stereocenters. The van der Waals surface area contributed by atoms with Crippen molar-refractivity contribution in [3.8, 4) is 0 Å². The number of aliphatic hydroxyl groups is 1. The number of rotatable bonds is 3. The van der Waals surface area contributed by atoms with Crippen molar-refractivity contribution in [3.63, 3.8) is 0 Å². The van der Waals surface area contributed by atoms with Gasteiger partial charge in [-0.1, -0.05) is 36.4 Å². The molecular weight excluding hydrogens is 152 g/mol. The smallest absolute Gasteiger partial charge is 0.185 e. The molecule has 1 aromatic rings. The van der Waals surface area contributed by atoms with Crippen molar-refractivity contribution in [2.45, 2.75) is 0 Å². The first-order chi connectivity index (χ1) is 5.84. The third kappa shape index (κ3) is 2.32. The van der Waals surface area contributed by atoms with Gasteiger partial charge in [0.1, 0.15) is 0 Å². The van der Waals surface area contributed by atoms with E-state index in [2.05, 4.69) is 0 Å². The third-order valence-corrected chi connectivity index (χ3v) is 1.43. The van der Waals surface area contributed by atoms with Gasteiger partial charge in [-0.2, -0.15) is 0 Å². The molecule has 12 heavy (non-hydrogen) atoms. The zero-order valence-electron chi connectivity index (χ0n) is 6.60. The van der Waals surface area contributed by atoms with E-state index in [4.69, 9.17) is 5.11 Å². The summed E-state index contributed by atoms with van der Waals surface area (Å²) in [5, 5.41) is 8.42. The first-order valence-corrected chi connectivity index (χ1v) is 3.71. The SMILES string of the molecule is O=C(/C=C/CO)c1ccccc1. The molecule has 62 valence electrons. The summed E-state index contributed by atoms with van der Waals surface area (Å²) in [7, 11) is 0.